The Kier molecular flexibility index (Phi) is 28.3. The number of sulfonamides is 2. The third-order valence-electron chi connectivity index (χ3n) is 23.4. The van der Waals surface area contributed by atoms with Gasteiger partial charge in [-0.05, 0) is 142 Å². The number of pyridine rings is 2. The number of nitrogens with zero attached hydrogens (tertiary/aromatic N) is 4. The summed E-state index contributed by atoms with van der Waals surface area (Å²) in [5.74, 6) is -2.89. The molecule has 4 aromatic carbocycles. The number of rotatable bonds is 29. The van der Waals surface area contributed by atoms with E-state index < -0.39 is 154 Å². The van der Waals surface area contributed by atoms with Crippen molar-refractivity contribution in [3.05, 3.63) is 135 Å². The Hall–Kier alpha value is -9.28. The van der Waals surface area contributed by atoms with E-state index in [-0.39, 0.29) is 75.8 Å². The zero-order valence-corrected chi connectivity index (χ0v) is 76.6. The van der Waals surface area contributed by atoms with Crippen LogP contribution in [0.15, 0.2) is 135 Å². The standard InChI is InChI=1S/C44H55N5O9S.C37H44N4O8.C7H13NO2S.BH.U/c1-8-29-24-44(29,40(52)48-59(54,55)43(18-19-43)23-27-14-15-27)47-38(50)35-21-31(25-49(35)39(51)37(26(2)3)46-41(53)58-42(4,5)6)57-36-22-33(28-12-10-9-11-13-28)45-34-20-30(56-7)16-17-32(34)36;1-8-23-19-37(23,34(44)45)40-32(42)29-17-25(20-41(29)33(43)31(21(2)3)39-35(46)49-36(4,5)6)48-30-18-27(22-12-10-9-11-13-22)38-28-16-24(47-7)14-15-26(28)30;8-11(9,10)7(3-4-7)5-6-1-2-6;;/h8-13,16-17,20,22,26-27,29,31,35,37H,1,14-15,18-19,21,23-25H2,2-7H3,(H,46,53)(H,47,50)(H,48,52);8-16,18,21,23,25,29,31H,1,17,19-20H2,2-7H3,(H,39,46)(H,40,42)(H,44,45);6H,1-5H2,(H2,8,9,10);1H;/t29-,31-,35+,37+,44-;23-,25-,29+,31+,37-;;;/m11.../s1/i;;;1D;. The molecule has 6 aliphatic carbocycles. The van der Waals surface area contributed by atoms with E-state index in [1.807, 2.05) is 91.0 Å². The van der Waals surface area contributed by atoms with Crippen LogP contribution in [0.1, 0.15) is 159 Å². The molecule has 8 aliphatic rings. The molecule has 2 radical (unpaired) electrons. The van der Waals surface area contributed by atoms with Gasteiger partial charge in [0.2, 0.25) is 43.7 Å². The molecule has 648 valence electrons. The summed E-state index contributed by atoms with van der Waals surface area (Å²) in [6, 6.07) is 29.4. The minimum absolute atomic E-state index is 0. The second kappa shape index (κ2) is 37.0. The van der Waals surface area contributed by atoms with Crippen LogP contribution in [0, 0.1) is 66.6 Å². The molecule has 2 aromatic heterocycles. The maximum Gasteiger partial charge on any atom is 0.408 e. The average Bonchev–Trinajstić information content (AvgIpc) is 1.56. The van der Waals surface area contributed by atoms with Crippen molar-refractivity contribution in [2.75, 3.05) is 27.3 Å². The van der Waals surface area contributed by atoms with Gasteiger partial charge in [0.1, 0.15) is 81.7 Å². The van der Waals surface area contributed by atoms with Gasteiger partial charge in [-0.1, -0.05) is 126 Å². The Labute approximate surface area is 735 Å². The number of hydrogen-bond acceptors (Lipinski definition) is 20. The smallest absolute Gasteiger partial charge is 0.408 e. The van der Waals surface area contributed by atoms with Crippen molar-refractivity contribution >= 4 is 97.9 Å². The third-order valence-corrected chi connectivity index (χ3v) is 27.4. The third kappa shape index (κ3) is 22.0. The van der Waals surface area contributed by atoms with Crippen molar-refractivity contribution in [2.24, 2.45) is 40.6 Å². The van der Waals surface area contributed by atoms with E-state index in [0.717, 1.165) is 43.2 Å². The van der Waals surface area contributed by atoms with Gasteiger partial charge in [-0.15, -0.1) is 13.2 Å². The van der Waals surface area contributed by atoms with Gasteiger partial charge in [0, 0.05) is 110 Å². The maximum absolute atomic E-state index is 14.6. The Morgan fingerprint density at radius 2 is 0.975 bits per heavy atom. The van der Waals surface area contributed by atoms with Gasteiger partial charge < -0.3 is 64.6 Å². The number of primary sulfonamides is 1. The molecule has 6 aromatic rings. The van der Waals surface area contributed by atoms with Gasteiger partial charge in [0.25, 0.3) is 5.91 Å². The van der Waals surface area contributed by atoms with Crippen LogP contribution in [-0.4, -0.2) is 195 Å². The van der Waals surface area contributed by atoms with Crippen LogP contribution >= 0.6 is 0 Å². The number of carboxylic acids is 1. The van der Waals surface area contributed by atoms with Crippen LogP contribution in [0.4, 0.5) is 9.59 Å². The van der Waals surface area contributed by atoms with Crippen LogP contribution in [0.5, 0.6) is 23.0 Å². The van der Waals surface area contributed by atoms with Gasteiger partial charge in [-0.3, -0.25) is 28.7 Å². The van der Waals surface area contributed by atoms with Crippen molar-refractivity contribution in [1.29, 1.82) is 1.34 Å². The number of benzene rings is 4. The summed E-state index contributed by atoms with van der Waals surface area (Å²) >= 11 is 0. The van der Waals surface area contributed by atoms with Gasteiger partial charge in [0.05, 0.1) is 59.2 Å². The molecule has 6 saturated carbocycles. The fourth-order valence-electron chi connectivity index (χ4n) is 15.8. The van der Waals surface area contributed by atoms with Crippen molar-refractivity contribution < 1.29 is 120 Å². The Balaban J connectivity index is 0.000000223. The number of fused-ring (bicyclic) bond motifs is 2. The second-order valence-electron chi connectivity index (χ2n) is 35.7. The van der Waals surface area contributed by atoms with Crippen molar-refractivity contribution in [1.82, 2.24) is 45.8 Å². The molecule has 8 fully saturated rings. The molecule has 0 bridgehead atoms. The summed E-state index contributed by atoms with van der Waals surface area (Å²) in [4.78, 5) is 122. The number of hydrogen-bond donors (Lipinski definition) is 7. The number of nitrogens with two attached hydrogens (primary N) is 1. The van der Waals surface area contributed by atoms with Gasteiger partial charge in [-0.25, -0.2) is 46.3 Å². The first-order valence-electron chi connectivity index (χ1n) is 41.4. The van der Waals surface area contributed by atoms with Gasteiger partial charge in [0.15, 0.2) is 0 Å². The molecule has 121 heavy (non-hydrogen) atoms. The number of carbonyl (C=O) groups excluding carboxylic acids is 7. The van der Waals surface area contributed by atoms with Crippen LogP contribution < -0.4 is 50.1 Å². The van der Waals surface area contributed by atoms with Crippen molar-refractivity contribution in [2.45, 2.75) is 227 Å². The first kappa shape index (κ1) is 92.4. The number of aliphatic carboxylic acids is 1. The largest absolute Gasteiger partial charge is 0.497 e. The molecule has 33 heteroatoms. The number of carboxylic acid groups (broad SMARTS) is 1. The summed E-state index contributed by atoms with van der Waals surface area (Å²) in [5.41, 5.74) is -0.443. The minimum Gasteiger partial charge on any atom is -0.497 e. The predicted octanol–water partition coefficient (Wildman–Crippen LogP) is 10.6. The number of aromatic nitrogens is 2. The normalized spacial score (nSPS) is 23.3. The molecule has 29 nitrogen and oxygen atoms in total. The number of nitrogens with one attached hydrogen (secondary N) is 5. The van der Waals surface area contributed by atoms with E-state index in [1.54, 1.807) is 102 Å². The molecule has 8 N–H and O–H groups in total. The van der Waals surface area contributed by atoms with Gasteiger partial charge in [-0.2, -0.15) is 0 Å². The summed E-state index contributed by atoms with van der Waals surface area (Å²) in [6.07, 6.45) is 8.80. The van der Waals surface area contributed by atoms with Crippen LogP contribution in [0.3, 0.4) is 0 Å². The molecule has 10 atom stereocenters. The molecule has 0 unspecified atom stereocenters. The molecule has 7 amide bonds. The molecule has 2 aliphatic heterocycles. The Morgan fingerprint density at radius 1 is 0.595 bits per heavy atom. The number of alkyl carbamates (subject to hydrolysis) is 2. The Morgan fingerprint density at radius 3 is 1.31 bits per heavy atom. The molecule has 14 rings (SSSR count). The fourth-order valence-corrected chi connectivity index (χ4v) is 18.7. The van der Waals surface area contributed by atoms with E-state index in [2.05, 4.69) is 47.5 Å². The van der Waals surface area contributed by atoms with E-state index in [0.29, 0.717) is 87.3 Å². The zero-order chi connectivity index (χ0) is 88.3. The van der Waals surface area contributed by atoms with Crippen LogP contribution in [-0.2, 0) is 58.3 Å². The van der Waals surface area contributed by atoms with Crippen LogP contribution in [0.25, 0.3) is 44.3 Å². The van der Waals surface area contributed by atoms with Crippen LogP contribution in [0.2, 0.25) is 0 Å². The minimum atomic E-state index is -4.03. The van der Waals surface area contributed by atoms with Crippen molar-refractivity contribution in [3.8, 4) is 45.5 Å². The molecular formula is C88H113BN10O19S2U. The quantitative estimate of drug-likeness (QED) is 0.0169. The summed E-state index contributed by atoms with van der Waals surface area (Å²) in [5, 5.41) is 27.4. The topological polar surface area (TPSA) is 399 Å². The second-order valence-corrected chi connectivity index (χ2v) is 39.7. The van der Waals surface area contributed by atoms with E-state index in [9.17, 15) is 60.3 Å². The molecular weight excluding hydrogens is 1810 g/mol. The van der Waals surface area contributed by atoms with E-state index >= 15 is 0 Å². The monoisotopic (exact) mass is 1930 g/mol. The summed E-state index contributed by atoms with van der Waals surface area (Å²) in [6.45, 7) is 24.9. The summed E-state index contributed by atoms with van der Waals surface area (Å²) in [7, 11) is -0.378. The number of amides is 7. The van der Waals surface area contributed by atoms with Crippen molar-refractivity contribution in [3.63, 3.8) is 0 Å². The average molecular weight is 1930 g/mol. The zero-order valence-electron chi connectivity index (χ0n) is 71.8. The number of methoxy groups -OCH3 is 2. The molecule has 0 spiro atoms. The maximum atomic E-state index is 14.6. The fraction of sp³-hybridized carbons (Fsp3) is 0.523. The molecule has 2 saturated heterocycles. The predicted molar refractivity (Wildman–Crippen MR) is 454 cm³/mol. The Bertz CT molecular complexity index is 5140. The first-order valence-corrected chi connectivity index (χ1v) is 43.8. The number of ether oxygens (including phenoxy) is 6. The molecule has 4 heterocycles. The first-order chi connectivity index (χ1) is 57.1. The van der Waals surface area contributed by atoms with Gasteiger partial charge >= 0.3 is 18.2 Å². The summed E-state index contributed by atoms with van der Waals surface area (Å²) < 4.78 is 90.6. The van der Waals surface area contributed by atoms with E-state index in [1.165, 1.54) is 34.8 Å². The SMILES string of the molecule is C=C[C@@H]1C[C@]1(NC(=O)[C@@H]1C[C@@H](Oc2cc(-c3ccccc3)nc3cc(OC)ccc23)CN1C(=O)[C@@H](NC(=O)OC(C)(C)C)C(C)C)C(=O)NS(=O)(=O)C1(CC2CC2)CC1.C=C[C@@H]1C[C@]1(NC(=O)[C@@H]1C[C@@H](Oc2cc(-c3ccccc3)nc3cc(OC)ccc23)CN1C(=O)[C@@H](NC(=O)OC(C)(C)C)C(C)C)C(=O)O.NS(=O)(=O)C1(CC2CC2)CC1.[2H][B].[U]. The number of carbonyl (C=O) groups is 8. The number of likely N-dealkylation sites (tertiary alicyclic amines) is 2. The van der Waals surface area contributed by atoms with E-state index in [4.69, 9.17) is 44.9 Å².